The zero-order valence-corrected chi connectivity index (χ0v) is 11.7. The van der Waals surface area contributed by atoms with Crippen LogP contribution in [0.2, 0.25) is 0 Å². The lowest BCUT2D eigenvalue weighted by molar-refractivity contribution is 1.11. The van der Waals surface area contributed by atoms with Gasteiger partial charge in [0.1, 0.15) is 6.07 Å². The molecule has 3 aromatic rings. The summed E-state index contributed by atoms with van der Waals surface area (Å²) in [7, 11) is 0. The van der Waals surface area contributed by atoms with Crippen LogP contribution >= 0.6 is 15.9 Å². The summed E-state index contributed by atoms with van der Waals surface area (Å²) in [6.45, 7) is 2.03. The molecule has 0 N–H and O–H groups in total. The van der Waals surface area contributed by atoms with Gasteiger partial charge in [0.15, 0.2) is 11.5 Å². The molecule has 0 radical (unpaired) electrons. The quantitative estimate of drug-likeness (QED) is 0.692. The molecule has 1 aromatic carbocycles. The molecule has 5 heteroatoms. The second-order valence-electron chi connectivity index (χ2n) is 4.22. The van der Waals surface area contributed by atoms with E-state index in [0.29, 0.717) is 5.56 Å². The van der Waals surface area contributed by atoms with E-state index in [1.165, 1.54) is 0 Å². The Morgan fingerprint density at radius 2 is 2.05 bits per heavy atom. The van der Waals surface area contributed by atoms with Gasteiger partial charge in [-0.25, -0.2) is 0 Å². The van der Waals surface area contributed by atoms with Crippen LogP contribution < -0.4 is 0 Å². The molecule has 0 bridgehead atoms. The van der Waals surface area contributed by atoms with Gasteiger partial charge in [-0.1, -0.05) is 18.2 Å². The minimum atomic E-state index is 0.581. The van der Waals surface area contributed by atoms with Crippen molar-refractivity contribution in [1.29, 1.82) is 5.26 Å². The summed E-state index contributed by atoms with van der Waals surface area (Å²) in [4.78, 5) is 0. The number of hydrogen-bond donors (Lipinski definition) is 0. The van der Waals surface area contributed by atoms with Gasteiger partial charge in [-0.05, 0) is 40.5 Å². The summed E-state index contributed by atoms with van der Waals surface area (Å²) in [6, 6.07) is 11.6. The maximum Gasteiger partial charge on any atom is 0.169 e. The molecule has 0 aliphatic heterocycles. The first-order valence-electron chi connectivity index (χ1n) is 5.71. The van der Waals surface area contributed by atoms with Crippen LogP contribution in [-0.4, -0.2) is 14.6 Å². The number of fused-ring (bicyclic) bond motifs is 1. The Morgan fingerprint density at radius 3 is 2.84 bits per heavy atom. The van der Waals surface area contributed by atoms with Crippen molar-refractivity contribution in [3.05, 3.63) is 52.1 Å². The van der Waals surface area contributed by atoms with E-state index >= 15 is 0 Å². The van der Waals surface area contributed by atoms with E-state index in [-0.39, 0.29) is 0 Å². The molecule has 0 spiro atoms. The lowest BCUT2D eigenvalue weighted by atomic mass is 10.1. The normalized spacial score (nSPS) is 10.6. The highest BCUT2D eigenvalue weighted by molar-refractivity contribution is 9.10. The number of aryl methyl sites for hydroxylation is 1. The van der Waals surface area contributed by atoms with E-state index in [4.69, 9.17) is 5.26 Å². The smallest absolute Gasteiger partial charge is 0.169 e. The fraction of sp³-hybridized carbons (Fsp3) is 0.0714. The SMILES string of the molecule is Cc1cccc(-c2nnc3ccc(C#N)cn23)c1Br. The second-order valence-corrected chi connectivity index (χ2v) is 5.01. The number of halogens is 1. The Bertz CT molecular complexity index is 814. The van der Waals surface area contributed by atoms with Gasteiger partial charge < -0.3 is 0 Å². The summed E-state index contributed by atoms with van der Waals surface area (Å²) in [5.74, 6) is 0.725. The van der Waals surface area contributed by atoms with Gasteiger partial charge in [0.2, 0.25) is 0 Å². The summed E-state index contributed by atoms with van der Waals surface area (Å²) < 4.78 is 2.82. The third-order valence-electron chi connectivity index (χ3n) is 2.96. The summed E-state index contributed by atoms with van der Waals surface area (Å²) in [5.41, 5.74) is 3.40. The van der Waals surface area contributed by atoms with Gasteiger partial charge in [-0.15, -0.1) is 10.2 Å². The lowest BCUT2D eigenvalue weighted by Crippen LogP contribution is -1.92. The molecule has 2 aromatic heterocycles. The number of hydrogen-bond acceptors (Lipinski definition) is 3. The molecule has 3 rings (SSSR count). The third-order valence-corrected chi connectivity index (χ3v) is 4.02. The number of aromatic nitrogens is 3. The molecular formula is C14H9BrN4. The van der Waals surface area contributed by atoms with Crippen molar-refractivity contribution in [3.8, 4) is 17.5 Å². The van der Waals surface area contributed by atoms with Crippen molar-refractivity contribution in [2.24, 2.45) is 0 Å². The van der Waals surface area contributed by atoms with Gasteiger partial charge in [-0.2, -0.15) is 5.26 Å². The molecule has 92 valence electrons. The maximum atomic E-state index is 8.98. The highest BCUT2D eigenvalue weighted by atomic mass is 79.9. The van der Waals surface area contributed by atoms with Crippen LogP contribution in [0.3, 0.4) is 0 Å². The first-order chi connectivity index (χ1) is 9.20. The summed E-state index contributed by atoms with van der Waals surface area (Å²) in [5, 5.41) is 17.3. The van der Waals surface area contributed by atoms with Crippen LogP contribution in [0.4, 0.5) is 0 Å². The van der Waals surface area contributed by atoms with E-state index in [0.717, 1.165) is 27.1 Å². The van der Waals surface area contributed by atoms with E-state index in [2.05, 4.69) is 32.2 Å². The molecular weight excluding hydrogens is 304 g/mol. The first kappa shape index (κ1) is 11.9. The van der Waals surface area contributed by atoms with Crippen molar-refractivity contribution in [2.45, 2.75) is 6.92 Å². The minimum Gasteiger partial charge on any atom is -0.281 e. The first-order valence-corrected chi connectivity index (χ1v) is 6.50. The molecule has 0 saturated heterocycles. The van der Waals surface area contributed by atoms with E-state index in [9.17, 15) is 0 Å². The number of benzene rings is 1. The number of pyridine rings is 1. The number of rotatable bonds is 1. The van der Waals surface area contributed by atoms with Crippen LogP contribution in [0, 0.1) is 18.3 Å². The molecule has 0 amide bonds. The van der Waals surface area contributed by atoms with Crippen LogP contribution in [0.5, 0.6) is 0 Å². The monoisotopic (exact) mass is 312 g/mol. The highest BCUT2D eigenvalue weighted by Gasteiger charge is 2.12. The minimum absolute atomic E-state index is 0.581. The van der Waals surface area contributed by atoms with Crippen molar-refractivity contribution < 1.29 is 0 Å². The van der Waals surface area contributed by atoms with Gasteiger partial charge in [0.25, 0.3) is 0 Å². The van der Waals surface area contributed by atoms with E-state index in [1.54, 1.807) is 18.3 Å². The molecule has 0 fully saturated rings. The van der Waals surface area contributed by atoms with Crippen molar-refractivity contribution in [3.63, 3.8) is 0 Å². The number of nitriles is 1. The Morgan fingerprint density at radius 1 is 1.21 bits per heavy atom. The fourth-order valence-corrected chi connectivity index (χ4v) is 2.40. The molecule has 19 heavy (non-hydrogen) atoms. The summed E-state index contributed by atoms with van der Waals surface area (Å²) in [6.07, 6.45) is 1.75. The average Bonchev–Trinajstić information content (AvgIpc) is 2.84. The third kappa shape index (κ3) is 1.90. The van der Waals surface area contributed by atoms with Gasteiger partial charge in [0.05, 0.1) is 5.56 Å². The van der Waals surface area contributed by atoms with E-state index in [1.807, 2.05) is 29.5 Å². The highest BCUT2D eigenvalue weighted by Crippen LogP contribution is 2.29. The molecule has 2 heterocycles. The van der Waals surface area contributed by atoms with Gasteiger partial charge in [0, 0.05) is 16.2 Å². The van der Waals surface area contributed by atoms with Crippen LogP contribution in [0.1, 0.15) is 11.1 Å². The van der Waals surface area contributed by atoms with Gasteiger partial charge >= 0.3 is 0 Å². The predicted octanol–water partition coefficient (Wildman–Crippen LogP) is 3.34. The maximum absolute atomic E-state index is 8.98. The fourth-order valence-electron chi connectivity index (χ4n) is 1.96. The Kier molecular flexibility index (Phi) is 2.80. The lowest BCUT2D eigenvalue weighted by Gasteiger charge is -2.05. The van der Waals surface area contributed by atoms with Gasteiger partial charge in [-0.3, -0.25) is 4.40 Å². The zero-order chi connectivity index (χ0) is 13.4. The Balaban J connectivity index is 2.31. The predicted molar refractivity (Wildman–Crippen MR) is 75.6 cm³/mol. The Hall–Kier alpha value is -2.19. The van der Waals surface area contributed by atoms with Crippen LogP contribution in [0.25, 0.3) is 17.0 Å². The molecule has 0 atom stereocenters. The standard InChI is InChI=1S/C14H9BrN4/c1-9-3-2-4-11(13(9)15)14-18-17-12-6-5-10(7-16)8-19(12)14/h2-6,8H,1H3. The largest absolute Gasteiger partial charge is 0.281 e. The molecule has 0 aliphatic carbocycles. The zero-order valence-electron chi connectivity index (χ0n) is 10.1. The average molecular weight is 313 g/mol. The van der Waals surface area contributed by atoms with E-state index < -0.39 is 0 Å². The topological polar surface area (TPSA) is 54.0 Å². The van der Waals surface area contributed by atoms with Crippen molar-refractivity contribution in [1.82, 2.24) is 14.6 Å². The van der Waals surface area contributed by atoms with Crippen molar-refractivity contribution >= 4 is 21.6 Å². The van der Waals surface area contributed by atoms with Crippen LogP contribution in [0.15, 0.2) is 41.0 Å². The Labute approximate surface area is 118 Å². The molecule has 0 aliphatic rings. The molecule has 4 nitrogen and oxygen atoms in total. The van der Waals surface area contributed by atoms with Crippen molar-refractivity contribution in [2.75, 3.05) is 0 Å². The second kappa shape index (κ2) is 4.48. The summed E-state index contributed by atoms with van der Waals surface area (Å²) >= 11 is 3.58. The molecule has 0 unspecified atom stereocenters. The molecule has 0 saturated carbocycles. The van der Waals surface area contributed by atoms with Crippen LogP contribution in [-0.2, 0) is 0 Å². The number of nitrogens with zero attached hydrogens (tertiary/aromatic N) is 4.